The van der Waals surface area contributed by atoms with E-state index in [4.69, 9.17) is 5.73 Å². The molecule has 1 aliphatic heterocycles. The second-order valence-corrected chi connectivity index (χ2v) is 6.81. The standard InChI is InChI=1S/C15H13IN2OS/c16-12-4-2-1-3-11(12)15(19)18-7-8-20-14-6-5-10(17)9-13(14)18/h1-6,9H,7-8,17H2. The van der Waals surface area contributed by atoms with Crippen molar-refractivity contribution in [3.8, 4) is 0 Å². The van der Waals surface area contributed by atoms with E-state index in [2.05, 4.69) is 22.6 Å². The first-order valence-corrected chi connectivity index (χ1v) is 8.32. The van der Waals surface area contributed by atoms with Crippen molar-refractivity contribution in [3.05, 3.63) is 51.6 Å². The number of benzene rings is 2. The van der Waals surface area contributed by atoms with Gasteiger partial charge in [0.25, 0.3) is 5.91 Å². The summed E-state index contributed by atoms with van der Waals surface area (Å²) in [5, 5.41) is 0. The van der Waals surface area contributed by atoms with Crippen molar-refractivity contribution in [1.29, 1.82) is 0 Å². The lowest BCUT2D eigenvalue weighted by Crippen LogP contribution is -2.35. The lowest BCUT2D eigenvalue weighted by Gasteiger charge is -2.29. The summed E-state index contributed by atoms with van der Waals surface area (Å²) >= 11 is 3.97. The molecule has 5 heteroatoms. The van der Waals surface area contributed by atoms with Gasteiger partial charge < -0.3 is 10.6 Å². The number of nitrogens with zero attached hydrogens (tertiary/aromatic N) is 1. The van der Waals surface area contributed by atoms with Crippen LogP contribution in [0, 0.1) is 3.57 Å². The molecular weight excluding hydrogens is 383 g/mol. The molecule has 0 fully saturated rings. The first-order valence-electron chi connectivity index (χ1n) is 6.25. The summed E-state index contributed by atoms with van der Waals surface area (Å²) in [6, 6.07) is 13.4. The van der Waals surface area contributed by atoms with E-state index in [0.29, 0.717) is 12.2 Å². The van der Waals surface area contributed by atoms with Crippen molar-refractivity contribution >= 4 is 51.6 Å². The van der Waals surface area contributed by atoms with E-state index in [1.807, 2.05) is 47.4 Å². The van der Waals surface area contributed by atoms with Crippen LogP contribution in [0.1, 0.15) is 10.4 Å². The van der Waals surface area contributed by atoms with E-state index in [1.54, 1.807) is 11.8 Å². The van der Waals surface area contributed by atoms with Crippen LogP contribution in [0.3, 0.4) is 0 Å². The maximum Gasteiger partial charge on any atom is 0.259 e. The summed E-state index contributed by atoms with van der Waals surface area (Å²) in [7, 11) is 0. The van der Waals surface area contributed by atoms with Crippen LogP contribution < -0.4 is 10.6 Å². The van der Waals surface area contributed by atoms with Crippen LogP contribution in [0.15, 0.2) is 47.4 Å². The number of anilines is 2. The Morgan fingerprint density at radius 3 is 2.85 bits per heavy atom. The van der Waals surface area contributed by atoms with Crippen LogP contribution in [0.25, 0.3) is 0 Å². The molecule has 0 saturated heterocycles. The van der Waals surface area contributed by atoms with E-state index in [0.717, 1.165) is 25.5 Å². The van der Waals surface area contributed by atoms with Gasteiger partial charge in [-0.25, -0.2) is 0 Å². The molecule has 3 nitrogen and oxygen atoms in total. The maximum atomic E-state index is 12.8. The van der Waals surface area contributed by atoms with Crippen molar-refractivity contribution < 1.29 is 4.79 Å². The van der Waals surface area contributed by atoms with Crippen molar-refractivity contribution in [2.75, 3.05) is 22.9 Å². The van der Waals surface area contributed by atoms with Gasteiger partial charge >= 0.3 is 0 Å². The minimum atomic E-state index is 0.0437. The third kappa shape index (κ3) is 2.52. The summed E-state index contributed by atoms with van der Waals surface area (Å²) in [5.41, 5.74) is 8.22. The van der Waals surface area contributed by atoms with Gasteiger partial charge in [0, 0.05) is 26.5 Å². The lowest BCUT2D eigenvalue weighted by molar-refractivity contribution is 0.0987. The molecule has 0 radical (unpaired) electrons. The second kappa shape index (κ2) is 5.65. The first-order chi connectivity index (χ1) is 9.66. The Morgan fingerprint density at radius 1 is 1.25 bits per heavy atom. The normalized spacial score (nSPS) is 13.9. The van der Waals surface area contributed by atoms with Crippen LogP contribution in [-0.4, -0.2) is 18.2 Å². The third-order valence-corrected chi connectivity index (χ3v) is 5.18. The largest absolute Gasteiger partial charge is 0.399 e. The number of thioether (sulfide) groups is 1. The fraction of sp³-hybridized carbons (Fsp3) is 0.133. The zero-order valence-electron chi connectivity index (χ0n) is 10.7. The minimum Gasteiger partial charge on any atom is -0.399 e. The van der Waals surface area contributed by atoms with Gasteiger partial charge in [-0.3, -0.25) is 4.79 Å². The Bertz CT molecular complexity index is 675. The monoisotopic (exact) mass is 396 g/mol. The molecule has 0 aliphatic carbocycles. The smallest absolute Gasteiger partial charge is 0.259 e. The van der Waals surface area contributed by atoms with Gasteiger partial charge in [-0.2, -0.15) is 0 Å². The summed E-state index contributed by atoms with van der Waals surface area (Å²) in [4.78, 5) is 15.7. The SMILES string of the molecule is Nc1ccc2c(c1)N(C(=O)c1ccccc1I)CCS2. The maximum absolute atomic E-state index is 12.8. The van der Waals surface area contributed by atoms with Gasteiger partial charge in [0.1, 0.15) is 0 Å². The summed E-state index contributed by atoms with van der Waals surface area (Å²) in [5.74, 6) is 0.952. The second-order valence-electron chi connectivity index (χ2n) is 4.51. The molecule has 102 valence electrons. The molecule has 0 bridgehead atoms. The van der Waals surface area contributed by atoms with Gasteiger partial charge in [0.05, 0.1) is 11.3 Å². The summed E-state index contributed by atoms with van der Waals surface area (Å²) in [6.07, 6.45) is 0. The molecule has 0 spiro atoms. The predicted molar refractivity (Wildman–Crippen MR) is 92.4 cm³/mol. The number of hydrogen-bond donors (Lipinski definition) is 1. The Hall–Kier alpha value is -1.21. The Balaban J connectivity index is 2.03. The van der Waals surface area contributed by atoms with E-state index < -0.39 is 0 Å². The molecule has 0 atom stereocenters. The fourth-order valence-electron chi connectivity index (χ4n) is 2.23. The quantitative estimate of drug-likeness (QED) is 0.592. The highest BCUT2D eigenvalue weighted by atomic mass is 127. The third-order valence-electron chi connectivity index (χ3n) is 3.20. The number of fused-ring (bicyclic) bond motifs is 1. The van der Waals surface area contributed by atoms with Crippen LogP contribution >= 0.6 is 34.4 Å². The molecule has 1 aliphatic rings. The molecule has 0 saturated carbocycles. The number of halogens is 1. The lowest BCUT2D eigenvalue weighted by atomic mass is 10.1. The fourth-order valence-corrected chi connectivity index (χ4v) is 3.82. The van der Waals surface area contributed by atoms with Crippen molar-refractivity contribution in [1.82, 2.24) is 0 Å². The van der Waals surface area contributed by atoms with Crippen LogP contribution in [0.5, 0.6) is 0 Å². The number of amides is 1. The van der Waals surface area contributed by atoms with Crippen LogP contribution in [0.2, 0.25) is 0 Å². The number of hydrogen-bond acceptors (Lipinski definition) is 3. The van der Waals surface area contributed by atoms with E-state index >= 15 is 0 Å². The Kier molecular flexibility index (Phi) is 3.89. The zero-order valence-corrected chi connectivity index (χ0v) is 13.6. The number of nitrogens with two attached hydrogens (primary N) is 1. The molecule has 2 aromatic carbocycles. The molecule has 2 N–H and O–H groups in total. The first kappa shape index (κ1) is 13.8. The zero-order chi connectivity index (χ0) is 14.1. The molecule has 0 unspecified atom stereocenters. The number of carbonyl (C=O) groups excluding carboxylic acids is 1. The molecule has 1 heterocycles. The van der Waals surface area contributed by atoms with Gasteiger partial charge in [0.2, 0.25) is 0 Å². The van der Waals surface area contributed by atoms with E-state index in [-0.39, 0.29) is 5.91 Å². The van der Waals surface area contributed by atoms with Gasteiger partial charge in [-0.1, -0.05) is 12.1 Å². The van der Waals surface area contributed by atoms with Crippen molar-refractivity contribution in [2.45, 2.75) is 4.90 Å². The molecule has 20 heavy (non-hydrogen) atoms. The number of carbonyl (C=O) groups is 1. The highest BCUT2D eigenvalue weighted by Gasteiger charge is 2.25. The van der Waals surface area contributed by atoms with Crippen molar-refractivity contribution in [2.24, 2.45) is 0 Å². The topological polar surface area (TPSA) is 46.3 Å². The highest BCUT2D eigenvalue weighted by molar-refractivity contribution is 14.1. The number of nitrogen functional groups attached to an aromatic ring is 1. The Labute approximate surface area is 135 Å². The van der Waals surface area contributed by atoms with Crippen LogP contribution in [0.4, 0.5) is 11.4 Å². The minimum absolute atomic E-state index is 0.0437. The Morgan fingerprint density at radius 2 is 2.05 bits per heavy atom. The predicted octanol–water partition coefficient (Wildman–Crippen LogP) is 3.63. The summed E-state index contributed by atoms with van der Waals surface area (Å²) < 4.78 is 0.971. The van der Waals surface area contributed by atoms with E-state index in [1.165, 1.54) is 0 Å². The van der Waals surface area contributed by atoms with Gasteiger partial charge in [0.15, 0.2) is 0 Å². The molecule has 2 aromatic rings. The molecule has 1 amide bonds. The average molecular weight is 396 g/mol. The van der Waals surface area contributed by atoms with E-state index in [9.17, 15) is 4.79 Å². The molecule has 3 rings (SSSR count). The van der Waals surface area contributed by atoms with Crippen molar-refractivity contribution in [3.63, 3.8) is 0 Å². The summed E-state index contributed by atoms with van der Waals surface area (Å²) in [6.45, 7) is 0.713. The van der Waals surface area contributed by atoms with Crippen LogP contribution in [-0.2, 0) is 0 Å². The number of rotatable bonds is 1. The average Bonchev–Trinajstić information content (AvgIpc) is 2.46. The molecule has 0 aromatic heterocycles. The highest BCUT2D eigenvalue weighted by Crippen LogP contribution is 2.37. The van der Waals surface area contributed by atoms with Gasteiger partial charge in [-0.05, 0) is 52.9 Å². The van der Waals surface area contributed by atoms with Gasteiger partial charge in [-0.15, -0.1) is 11.8 Å². The molecular formula is C15H13IN2OS.